The van der Waals surface area contributed by atoms with Crippen molar-refractivity contribution in [1.29, 1.82) is 0 Å². The molecule has 0 aromatic carbocycles. The van der Waals surface area contributed by atoms with Crippen molar-refractivity contribution in [3.8, 4) is 0 Å². The van der Waals surface area contributed by atoms with Crippen LogP contribution in [-0.4, -0.2) is 23.2 Å². The van der Waals surface area contributed by atoms with Gasteiger partial charge in [-0.1, -0.05) is 12.1 Å². The molecule has 1 aliphatic heterocycles. The van der Waals surface area contributed by atoms with Gasteiger partial charge in [0.2, 0.25) is 5.89 Å². The summed E-state index contributed by atoms with van der Waals surface area (Å²) in [4.78, 5) is 4.41. The summed E-state index contributed by atoms with van der Waals surface area (Å²) in [7, 11) is 0. The normalized spacial score (nSPS) is 22.5. The molecule has 1 aliphatic rings. The Balaban J connectivity index is 2.00. The predicted octanol–water partition coefficient (Wildman–Crippen LogP) is 1.49. The molecule has 2 rings (SSSR count). The van der Waals surface area contributed by atoms with Crippen LogP contribution >= 0.6 is 0 Å². The van der Waals surface area contributed by atoms with E-state index in [2.05, 4.69) is 22.4 Å². The molecule has 0 radical (unpaired) electrons. The molecule has 1 atom stereocenters. The average Bonchev–Trinajstić information content (AvgIpc) is 2.68. The average molecular weight is 195 g/mol. The number of nitrogens with one attached hydrogen (secondary N) is 1. The van der Waals surface area contributed by atoms with Gasteiger partial charge in [-0.25, -0.2) is 0 Å². The quantitative estimate of drug-likeness (QED) is 0.794. The summed E-state index contributed by atoms with van der Waals surface area (Å²) in [5, 5.41) is 7.31. The highest BCUT2D eigenvalue weighted by atomic mass is 16.5. The fourth-order valence-electron chi connectivity index (χ4n) is 1.82. The maximum atomic E-state index is 5.26. The third-order valence-corrected chi connectivity index (χ3v) is 2.60. The molecular weight excluding hydrogens is 178 g/mol. The molecule has 1 fully saturated rings. The van der Waals surface area contributed by atoms with E-state index >= 15 is 0 Å². The number of aromatic nitrogens is 2. The standard InChI is InChI=1S/C10H17N3O/c1-2-4-9-12-10(14-13-9)8-5-3-6-11-7-8/h8,11H,2-7H2,1H3. The van der Waals surface area contributed by atoms with Gasteiger partial charge in [0.15, 0.2) is 5.82 Å². The molecule has 4 nitrogen and oxygen atoms in total. The summed E-state index contributed by atoms with van der Waals surface area (Å²) >= 11 is 0. The monoisotopic (exact) mass is 195 g/mol. The lowest BCUT2D eigenvalue weighted by Crippen LogP contribution is -2.28. The summed E-state index contributed by atoms with van der Waals surface area (Å²) in [6, 6.07) is 0. The Hall–Kier alpha value is -0.900. The Labute approximate surface area is 84.1 Å². The minimum absolute atomic E-state index is 0.432. The van der Waals surface area contributed by atoms with Crippen molar-refractivity contribution < 1.29 is 4.52 Å². The van der Waals surface area contributed by atoms with Crippen molar-refractivity contribution in [1.82, 2.24) is 15.5 Å². The van der Waals surface area contributed by atoms with E-state index in [9.17, 15) is 0 Å². The van der Waals surface area contributed by atoms with E-state index < -0.39 is 0 Å². The number of aryl methyl sites for hydroxylation is 1. The van der Waals surface area contributed by atoms with E-state index in [4.69, 9.17) is 4.52 Å². The van der Waals surface area contributed by atoms with Crippen molar-refractivity contribution in [2.75, 3.05) is 13.1 Å². The van der Waals surface area contributed by atoms with Crippen LogP contribution in [0.2, 0.25) is 0 Å². The lowest BCUT2D eigenvalue weighted by molar-refractivity contribution is 0.320. The van der Waals surface area contributed by atoms with Gasteiger partial charge < -0.3 is 9.84 Å². The van der Waals surface area contributed by atoms with Crippen LogP contribution in [0.1, 0.15) is 43.8 Å². The molecule has 78 valence electrons. The van der Waals surface area contributed by atoms with Crippen LogP contribution in [0.3, 0.4) is 0 Å². The van der Waals surface area contributed by atoms with Crippen LogP contribution in [-0.2, 0) is 6.42 Å². The second-order valence-corrected chi connectivity index (χ2v) is 3.84. The summed E-state index contributed by atoms with van der Waals surface area (Å²) in [6.45, 7) is 4.22. The Morgan fingerprint density at radius 1 is 1.57 bits per heavy atom. The minimum atomic E-state index is 0.432. The second kappa shape index (κ2) is 4.55. The Kier molecular flexibility index (Phi) is 3.14. The fraction of sp³-hybridized carbons (Fsp3) is 0.800. The first kappa shape index (κ1) is 9.65. The molecule has 1 saturated heterocycles. The highest BCUT2D eigenvalue weighted by Gasteiger charge is 2.20. The van der Waals surface area contributed by atoms with E-state index in [1.54, 1.807) is 0 Å². The number of nitrogens with zero attached hydrogens (tertiary/aromatic N) is 2. The first-order chi connectivity index (χ1) is 6.90. The van der Waals surface area contributed by atoms with Crippen LogP contribution in [0.15, 0.2) is 4.52 Å². The maximum Gasteiger partial charge on any atom is 0.231 e. The third kappa shape index (κ3) is 2.12. The molecule has 0 spiro atoms. The summed E-state index contributed by atoms with van der Waals surface area (Å²) in [6.07, 6.45) is 4.36. The lowest BCUT2D eigenvalue weighted by Gasteiger charge is -2.18. The largest absolute Gasteiger partial charge is 0.339 e. The van der Waals surface area contributed by atoms with E-state index in [-0.39, 0.29) is 0 Å². The first-order valence-corrected chi connectivity index (χ1v) is 5.43. The molecule has 0 saturated carbocycles. The Morgan fingerprint density at radius 3 is 3.21 bits per heavy atom. The van der Waals surface area contributed by atoms with Gasteiger partial charge in [-0.3, -0.25) is 0 Å². The zero-order valence-electron chi connectivity index (χ0n) is 8.62. The number of hydrogen-bond acceptors (Lipinski definition) is 4. The van der Waals surface area contributed by atoms with Gasteiger partial charge in [0.25, 0.3) is 0 Å². The Bertz CT molecular complexity index is 279. The lowest BCUT2D eigenvalue weighted by atomic mass is 10.00. The predicted molar refractivity (Wildman–Crippen MR) is 53.1 cm³/mol. The molecule has 1 aromatic heterocycles. The van der Waals surface area contributed by atoms with Gasteiger partial charge in [-0.2, -0.15) is 4.98 Å². The summed E-state index contributed by atoms with van der Waals surface area (Å²) in [5.74, 6) is 2.11. The molecule has 1 aromatic rings. The van der Waals surface area contributed by atoms with Crippen LogP contribution in [0, 0.1) is 0 Å². The SMILES string of the molecule is CCCc1noc(C2CCCNC2)n1. The minimum Gasteiger partial charge on any atom is -0.339 e. The molecule has 0 aliphatic carbocycles. The van der Waals surface area contributed by atoms with Gasteiger partial charge in [-0.05, 0) is 25.8 Å². The van der Waals surface area contributed by atoms with Crippen LogP contribution in [0.5, 0.6) is 0 Å². The zero-order valence-corrected chi connectivity index (χ0v) is 8.62. The third-order valence-electron chi connectivity index (χ3n) is 2.60. The van der Waals surface area contributed by atoms with E-state index in [1.807, 2.05) is 0 Å². The van der Waals surface area contributed by atoms with Gasteiger partial charge in [0.1, 0.15) is 0 Å². The van der Waals surface area contributed by atoms with Crippen molar-refractivity contribution in [3.63, 3.8) is 0 Å². The topological polar surface area (TPSA) is 51.0 Å². The molecule has 1 unspecified atom stereocenters. The van der Waals surface area contributed by atoms with Gasteiger partial charge >= 0.3 is 0 Å². The first-order valence-electron chi connectivity index (χ1n) is 5.43. The van der Waals surface area contributed by atoms with Crippen LogP contribution in [0.25, 0.3) is 0 Å². The summed E-state index contributed by atoms with van der Waals surface area (Å²) < 4.78 is 5.26. The van der Waals surface area contributed by atoms with Gasteiger partial charge in [0.05, 0.1) is 5.92 Å². The van der Waals surface area contributed by atoms with Crippen molar-refractivity contribution in [2.45, 2.75) is 38.5 Å². The zero-order chi connectivity index (χ0) is 9.80. The highest BCUT2D eigenvalue weighted by molar-refractivity contribution is 4.96. The van der Waals surface area contributed by atoms with E-state index in [0.29, 0.717) is 5.92 Å². The van der Waals surface area contributed by atoms with E-state index in [1.165, 1.54) is 12.8 Å². The van der Waals surface area contributed by atoms with Crippen molar-refractivity contribution in [2.24, 2.45) is 0 Å². The second-order valence-electron chi connectivity index (χ2n) is 3.84. The fourth-order valence-corrected chi connectivity index (χ4v) is 1.82. The van der Waals surface area contributed by atoms with Crippen molar-refractivity contribution >= 4 is 0 Å². The van der Waals surface area contributed by atoms with Gasteiger partial charge in [0, 0.05) is 13.0 Å². The van der Waals surface area contributed by atoms with Crippen LogP contribution in [0.4, 0.5) is 0 Å². The molecular formula is C10H17N3O. The van der Waals surface area contributed by atoms with Gasteiger partial charge in [-0.15, -0.1) is 0 Å². The molecule has 2 heterocycles. The summed E-state index contributed by atoms with van der Waals surface area (Å²) in [5.41, 5.74) is 0. The maximum absolute atomic E-state index is 5.26. The molecule has 4 heteroatoms. The van der Waals surface area contributed by atoms with E-state index in [0.717, 1.165) is 37.6 Å². The molecule has 14 heavy (non-hydrogen) atoms. The van der Waals surface area contributed by atoms with Crippen molar-refractivity contribution in [3.05, 3.63) is 11.7 Å². The Morgan fingerprint density at radius 2 is 2.50 bits per heavy atom. The smallest absolute Gasteiger partial charge is 0.231 e. The number of hydrogen-bond donors (Lipinski definition) is 1. The van der Waals surface area contributed by atoms with Crippen LogP contribution < -0.4 is 5.32 Å². The molecule has 0 bridgehead atoms. The number of rotatable bonds is 3. The molecule has 1 N–H and O–H groups in total. The molecule has 0 amide bonds. The number of piperidine rings is 1. The highest BCUT2D eigenvalue weighted by Crippen LogP contribution is 2.21.